The number of hydrogen-bond acceptors (Lipinski definition) is 3. The molecule has 0 heterocycles. The van der Waals surface area contributed by atoms with E-state index in [1.54, 1.807) is 12.1 Å². The largest absolute Gasteiger partial charge is 0.392 e. The zero-order valence-corrected chi connectivity index (χ0v) is 11.7. The van der Waals surface area contributed by atoms with Crippen molar-refractivity contribution < 1.29 is 13.5 Å². The highest BCUT2D eigenvalue weighted by molar-refractivity contribution is 7.92. The Morgan fingerprint density at radius 3 is 2.39 bits per heavy atom. The Bertz CT molecular complexity index is 534. The van der Waals surface area contributed by atoms with Gasteiger partial charge in [0.15, 0.2) is 9.84 Å². The van der Waals surface area contributed by atoms with Crippen molar-refractivity contribution in [2.24, 2.45) is 0 Å². The summed E-state index contributed by atoms with van der Waals surface area (Å²) in [4.78, 5) is 0.344. The number of hydrogen-bond donors (Lipinski definition) is 1. The predicted octanol–water partition coefficient (Wildman–Crippen LogP) is 2.38. The highest BCUT2D eigenvalue weighted by Crippen LogP contribution is 2.29. The van der Waals surface area contributed by atoms with Crippen LogP contribution in [0.5, 0.6) is 0 Å². The molecule has 0 spiro atoms. The Hall–Kier alpha value is -0.870. The Labute approximate surface area is 109 Å². The summed E-state index contributed by atoms with van der Waals surface area (Å²) in [5.74, 6) is 0. The number of aliphatic hydroxyl groups excluding tert-OH is 1. The van der Waals surface area contributed by atoms with Crippen LogP contribution in [0, 0.1) is 13.8 Å². The first-order valence-electron chi connectivity index (χ1n) is 6.42. The fourth-order valence-corrected chi connectivity index (χ4v) is 4.48. The molecule has 0 aliphatic heterocycles. The predicted molar refractivity (Wildman–Crippen MR) is 71.4 cm³/mol. The van der Waals surface area contributed by atoms with Gasteiger partial charge in [0.25, 0.3) is 0 Å². The average molecular weight is 268 g/mol. The first-order valence-corrected chi connectivity index (χ1v) is 7.97. The lowest BCUT2D eigenvalue weighted by atomic mass is 9.97. The van der Waals surface area contributed by atoms with E-state index in [9.17, 15) is 13.5 Å². The number of aliphatic hydroxyl groups is 1. The van der Waals surface area contributed by atoms with Gasteiger partial charge in [0.05, 0.1) is 16.2 Å². The van der Waals surface area contributed by atoms with Gasteiger partial charge in [0.2, 0.25) is 0 Å². The van der Waals surface area contributed by atoms with Crippen molar-refractivity contribution in [2.75, 3.05) is 0 Å². The van der Waals surface area contributed by atoms with Crippen LogP contribution in [0.1, 0.15) is 36.8 Å². The van der Waals surface area contributed by atoms with Gasteiger partial charge in [-0.15, -0.1) is 0 Å². The van der Waals surface area contributed by atoms with Crippen molar-refractivity contribution in [3.8, 4) is 0 Å². The number of rotatable bonds is 2. The van der Waals surface area contributed by atoms with Crippen molar-refractivity contribution in [1.82, 2.24) is 0 Å². The van der Waals surface area contributed by atoms with Gasteiger partial charge in [0, 0.05) is 0 Å². The SMILES string of the molecule is Cc1ccc(S(=O)(=O)C2CCCCC2O)cc1C. The average Bonchev–Trinajstić information content (AvgIpc) is 2.33. The molecule has 0 radical (unpaired) electrons. The Kier molecular flexibility index (Phi) is 3.78. The maximum Gasteiger partial charge on any atom is 0.183 e. The molecule has 0 amide bonds. The van der Waals surface area contributed by atoms with E-state index >= 15 is 0 Å². The van der Waals surface area contributed by atoms with Gasteiger partial charge in [-0.1, -0.05) is 18.9 Å². The van der Waals surface area contributed by atoms with Gasteiger partial charge in [-0.2, -0.15) is 0 Å². The smallest absolute Gasteiger partial charge is 0.183 e. The standard InChI is InChI=1S/C14H20O3S/c1-10-7-8-12(9-11(10)2)18(16,17)14-6-4-3-5-13(14)15/h7-9,13-15H,3-6H2,1-2H3. The molecule has 0 saturated heterocycles. The van der Waals surface area contributed by atoms with E-state index in [1.165, 1.54) is 0 Å². The molecule has 1 saturated carbocycles. The van der Waals surface area contributed by atoms with Crippen molar-refractivity contribution in [3.05, 3.63) is 29.3 Å². The molecular weight excluding hydrogens is 248 g/mol. The number of sulfone groups is 1. The zero-order valence-electron chi connectivity index (χ0n) is 10.9. The maximum atomic E-state index is 12.5. The van der Waals surface area contributed by atoms with Crippen LogP contribution < -0.4 is 0 Å². The summed E-state index contributed by atoms with van der Waals surface area (Å²) in [7, 11) is -3.40. The fourth-order valence-electron chi connectivity index (χ4n) is 2.50. The number of benzene rings is 1. The van der Waals surface area contributed by atoms with Crippen LogP contribution in [0.25, 0.3) is 0 Å². The minimum atomic E-state index is -3.40. The van der Waals surface area contributed by atoms with Gasteiger partial charge in [-0.05, 0) is 49.9 Å². The van der Waals surface area contributed by atoms with Crippen molar-refractivity contribution in [2.45, 2.75) is 55.8 Å². The third kappa shape index (κ3) is 2.45. The summed E-state index contributed by atoms with van der Waals surface area (Å²) in [5, 5.41) is 9.28. The summed E-state index contributed by atoms with van der Waals surface area (Å²) >= 11 is 0. The third-order valence-corrected chi connectivity index (χ3v) is 6.13. The molecule has 2 rings (SSSR count). The van der Waals surface area contributed by atoms with E-state index in [-0.39, 0.29) is 0 Å². The van der Waals surface area contributed by atoms with Gasteiger partial charge < -0.3 is 5.11 Å². The van der Waals surface area contributed by atoms with E-state index in [4.69, 9.17) is 0 Å². The summed E-state index contributed by atoms with van der Waals surface area (Å²) in [6, 6.07) is 5.20. The topological polar surface area (TPSA) is 54.4 Å². The first-order chi connectivity index (χ1) is 8.43. The minimum Gasteiger partial charge on any atom is -0.392 e. The molecule has 1 aromatic rings. The summed E-state index contributed by atoms with van der Waals surface area (Å²) in [6.45, 7) is 3.87. The van der Waals surface area contributed by atoms with Crippen LogP contribution >= 0.6 is 0 Å². The molecule has 3 nitrogen and oxygen atoms in total. The maximum absolute atomic E-state index is 12.5. The summed E-state index contributed by atoms with van der Waals surface area (Å²) in [6.07, 6.45) is 2.24. The minimum absolute atomic E-state index is 0.344. The molecule has 1 aliphatic carbocycles. The Balaban J connectivity index is 2.37. The van der Waals surface area contributed by atoms with Gasteiger partial charge in [-0.25, -0.2) is 8.42 Å². The fraction of sp³-hybridized carbons (Fsp3) is 0.571. The molecular formula is C14H20O3S. The monoisotopic (exact) mass is 268 g/mol. The molecule has 0 aromatic heterocycles. The highest BCUT2D eigenvalue weighted by atomic mass is 32.2. The van der Waals surface area contributed by atoms with Crippen LogP contribution in [0.4, 0.5) is 0 Å². The normalized spacial score (nSPS) is 25.1. The second-order valence-electron chi connectivity index (χ2n) is 5.18. The molecule has 1 aliphatic rings. The molecule has 2 atom stereocenters. The van der Waals surface area contributed by atoms with E-state index in [0.717, 1.165) is 24.0 Å². The lowest BCUT2D eigenvalue weighted by Crippen LogP contribution is -2.36. The van der Waals surface area contributed by atoms with Crippen LogP contribution in [0.3, 0.4) is 0 Å². The highest BCUT2D eigenvalue weighted by Gasteiger charge is 2.35. The number of aryl methyl sites for hydroxylation is 2. The van der Waals surface area contributed by atoms with Gasteiger partial charge in [0.1, 0.15) is 0 Å². The van der Waals surface area contributed by atoms with Gasteiger partial charge in [-0.3, -0.25) is 0 Å². The molecule has 1 N–H and O–H groups in total. The molecule has 1 aromatic carbocycles. The van der Waals surface area contributed by atoms with E-state index in [1.807, 2.05) is 19.9 Å². The molecule has 1 fully saturated rings. The molecule has 4 heteroatoms. The summed E-state index contributed by atoms with van der Waals surface area (Å²) < 4.78 is 25.0. The van der Waals surface area contributed by atoms with E-state index in [2.05, 4.69) is 0 Å². The second-order valence-corrected chi connectivity index (χ2v) is 7.35. The molecule has 0 bridgehead atoms. The van der Waals surface area contributed by atoms with Crippen LogP contribution in [-0.4, -0.2) is 24.9 Å². The molecule has 100 valence electrons. The zero-order chi connectivity index (χ0) is 13.3. The lowest BCUT2D eigenvalue weighted by molar-refractivity contribution is 0.133. The Morgan fingerprint density at radius 1 is 1.11 bits per heavy atom. The molecule has 18 heavy (non-hydrogen) atoms. The van der Waals surface area contributed by atoms with Crippen molar-refractivity contribution in [3.63, 3.8) is 0 Å². The van der Waals surface area contributed by atoms with Crippen molar-refractivity contribution >= 4 is 9.84 Å². The van der Waals surface area contributed by atoms with Gasteiger partial charge >= 0.3 is 0 Å². The van der Waals surface area contributed by atoms with Crippen molar-refractivity contribution in [1.29, 1.82) is 0 Å². The second kappa shape index (κ2) is 5.02. The quantitative estimate of drug-likeness (QED) is 0.896. The molecule has 2 unspecified atom stereocenters. The first kappa shape index (κ1) is 13.6. The lowest BCUT2D eigenvalue weighted by Gasteiger charge is -2.27. The van der Waals surface area contributed by atoms with Crippen LogP contribution in [-0.2, 0) is 9.84 Å². The van der Waals surface area contributed by atoms with Crippen LogP contribution in [0.15, 0.2) is 23.1 Å². The van der Waals surface area contributed by atoms with Crippen LogP contribution in [0.2, 0.25) is 0 Å². The van der Waals surface area contributed by atoms with E-state index in [0.29, 0.717) is 17.7 Å². The van der Waals surface area contributed by atoms with E-state index < -0.39 is 21.2 Å². The summed E-state index contributed by atoms with van der Waals surface area (Å²) in [5.41, 5.74) is 2.06. The third-order valence-electron chi connectivity index (χ3n) is 3.87. The Morgan fingerprint density at radius 2 is 1.78 bits per heavy atom.